The molecule has 1 aromatic rings. The summed E-state index contributed by atoms with van der Waals surface area (Å²) in [5.41, 5.74) is 2.45. The third-order valence-electron chi connectivity index (χ3n) is 1.26. The lowest BCUT2D eigenvalue weighted by molar-refractivity contribution is 0.0360. The number of amides is 1. The molecule has 70 valence electrons. The van der Waals surface area contributed by atoms with E-state index in [9.17, 15) is 4.79 Å². The molecule has 0 spiro atoms. The van der Waals surface area contributed by atoms with Crippen molar-refractivity contribution in [3.8, 4) is 0 Å². The molecular formula is C8H9ClN2O2. The fourth-order valence-electron chi connectivity index (χ4n) is 0.725. The van der Waals surface area contributed by atoms with Gasteiger partial charge in [-0.3, -0.25) is 9.63 Å². The van der Waals surface area contributed by atoms with Gasteiger partial charge >= 0.3 is 0 Å². The monoisotopic (exact) mass is 200 g/mol. The van der Waals surface area contributed by atoms with Gasteiger partial charge in [-0.15, -0.1) is 0 Å². The molecule has 0 atom stereocenters. The average Bonchev–Trinajstić information content (AvgIpc) is 2.14. The molecule has 13 heavy (non-hydrogen) atoms. The van der Waals surface area contributed by atoms with E-state index >= 15 is 0 Å². The van der Waals surface area contributed by atoms with E-state index in [1.165, 1.54) is 0 Å². The summed E-state index contributed by atoms with van der Waals surface area (Å²) < 4.78 is 0. The summed E-state index contributed by atoms with van der Waals surface area (Å²) in [5, 5.41) is 0.282. The number of carbonyl (C=O) groups is 1. The minimum Gasteiger partial charge on any atom is -0.274 e. The molecular weight excluding hydrogens is 192 g/mol. The average molecular weight is 201 g/mol. The van der Waals surface area contributed by atoms with E-state index in [0.29, 0.717) is 6.61 Å². The highest BCUT2D eigenvalue weighted by atomic mass is 35.5. The third kappa shape index (κ3) is 3.01. The number of aromatic nitrogens is 1. The van der Waals surface area contributed by atoms with E-state index in [4.69, 9.17) is 16.4 Å². The Balaban J connectivity index is 2.66. The van der Waals surface area contributed by atoms with Gasteiger partial charge in [-0.1, -0.05) is 17.7 Å². The maximum atomic E-state index is 11.2. The smallest absolute Gasteiger partial charge is 0.274 e. The molecule has 0 aromatic carbocycles. The van der Waals surface area contributed by atoms with Crippen molar-refractivity contribution in [3.05, 3.63) is 29.0 Å². The van der Waals surface area contributed by atoms with Gasteiger partial charge in [-0.05, 0) is 19.1 Å². The van der Waals surface area contributed by atoms with Crippen molar-refractivity contribution in [2.24, 2.45) is 0 Å². The fraction of sp³-hybridized carbons (Fsp3) is 0.250. The number of carbonyl (C=O) groups excluding carboxylic acids is 1. The van der Waals surface area contributed by atoms with Gasteiger partial charge in [0.15, 0.2) is 0 Å². The van der Waals surface area contributed by atoms with Crippen molar-refractivity contribution in [3.63, 3.8) is 0 Å². The standard InChI is InChI=1S/C8H9ClN2O2/c1-2-13-11-8(12)6-4-3-5-7(9)10-6/h3-5H,2H2,1H3,(H,11,12). The van der Waals surface area contributed by atoms with E-state index in [-0.39, 0.29) is 10.8 Å². The van der Waals surface area contributed by atoms with Gasteiger partial charge in [0.05, 0.1) is 6.61 Å². The molecule has 0 saturated heterocycles. The van der Waals surface area contributed by atoms with Gasteiger partial charge < -0.3 is 0 Å². The number of halogens is 1. The second-order valence-electron chi connectivity index (χ2n) is 2.21. The van der Waals surface area contributed by atoms with Gasteiger partial charge in [0, 0.05) is 0 Å². The van der Waals surface area contributed by atoms with Crippen LogP contribution in [0.25, 0.3) is 0 Å². The molecule has 1 rings (SSSR count). The topological polar surface area (TPSA) is 51.2 Å². The molecule has 1 amide bonds. The SMILES string of the molecule is CCONC(=O)c1cccc(Cl)n1. The summed E-state index contributed by atoms with van der Waals surface area (Å²) in [6.45, 7) is 2.18. The Morgan fingerprint density at radius 1 is 1.69 bits per heavy atom. The zero-order valence-corrected chi connectivity index (χ0v) is 7.84. The lowest BCUT2D eigenvalue weighted by Crippen LogP contribution is -2.24. The molecule has 0 bridgehead atoms. The minimum atomic E-state index is -0.399. The minimum absolute atomic E-state index is 0.237. The largest absolute Gasteiger partial charge is 0.293 e. The molecule has 4 nitrogen and oxygen atoms in total. The lowest BCUT2D eigenvalue weighted by Gasteiger charge is -2.02. The Morgan fingerprint density at radius 3 is 3.08 bits per heavy atom. The number of hydroxylamine groups is 1. The highest BCUT2D eigenvalue weighted by molar-refractivity contribution is 6.29. The fourth-order valence-corrected chi connectivity index (χ4v) is 0.889. The first kappa shape index (κ1) is 9.95. The molecule has 0 aliphatic rings. The highest BCUT2D eigenvalue weighted by Crippen LogP contribution is 2.04. The summed E-state index contributed by atoms with van der Waals surface area (Å²) in [5.74, 6) is -0.399. The van der Waals surface area contributed by atoms with Crippen molar-refractivity contribution < 1.29 is 9.63 Å². The number of hydrogen-bond donors (Lipinski definition) is 1. The van der Waals surface area contributed by atoms with E-state index in [1.54, 1.807) is 25.1 Å². The molecule has 0 saturated carbocycles. The summed E-state index contributed by atoms with van der Waals surface area (Å²) in [6, 6.07) is 4.80. The zero-order chi connectivity index (χ0) is 9.68. The molecule has 0 aliphatic heterocycles. The predicted molar refractivity (Wildman–Crippen MR) is 48.3 cm³/mol. The first-order valence-electron chi connectivity index (χ1n) is 3.78. The second-order valence-corrected chi connectivity index (χ2v) is 2.60. The Bertz CT molecular complexity index is 304. The molecule has 1 heterocycles. The first-order valence-corrected chi connectivity index (χ1v) is 4.16. The molecule has 0 fully saturated rings. The predicted octanol–water partition coefficient (Wildman–Crippen LogP) is 1.42. The highest BCUT2D eigenvalue weighted by Gasteiger charge is 2.06. The number of hydrogen-bond acceptors (Lipinski definition) is 3. The van der Waals surface area contributed by atoms with Crippen LogP contribution < -0.4 is 5.48 Å². The van der Waals surface area contributed by atoms with Crippen molar-refractivity contribution in [2.45, 2.75) is 6.92 Å². The van der Waals surface area contributed by atoms with Gasteiger partial charge in [-0.25, -0.2) is 10.5 Å². The van der Waals surface area contributed by atoms with Gasteiger partial charge in [0.25, 0.3) is 5.91 Å². The third-order valence-corrected chi connectivity index (χ3v) is 1.47. The Labute approximate surface area is 80.8 Å². The molecule has 1 N–H and O–H groups in total. The van der Waals surface area contributed by atoms with Gasteiger partial charge in [0.2, 0.25) is 0 Å². The summed E-state index contributed by atoms with van der Waals surface area (Å²) in [7, 11) is 0. The quantitative estimate of drug-likeness (QED) is 0.593. The van der Waals surface area contributed by atoms with Crippen LogP contribution in [0.2, 0.25) is 5.15 Å². The van der Waals surface area contributed by atoms with Crippen LogP contribution in [0.15, 0.2) is 18.2 Å². The number of pyridine rings is 1. The number of rotatable bonds is 3. The number of nitrogens with zero attached hydrogens (tertiary/aromatic N) is 1. The first-order chi connectivity index (χ1) is 6.24. The maximum Gasteiger partial charge on any atom is 0.293 e. The molecule has 1 aromatic heterocycles. The van der Waals surface area contributed by atoms with E-state index < -0.39 is 5.91 Å². The zero-order valence-electron chi connectivity index (χ0n) is 7.08. The Hall–Kier alpha value is -1.13. The van der Waals surface area contributed by atoms with Crippen molar-refractivity contribution in [2.75, 3.05) is 6.61 Å². The normalized spacial score (nSPS) is 9.69. The Morgan fingerprint density at radius 2 is 2.46 bits per heavy atom. The van der Waals surface area contributed by atoms with Crippen molar-refractivity contribution in [1.29, 1.82) is 0 Å². The molecule has 0 unspecified atom stereocenters. The van der Waals surface area contributed by atoms with E-state index in [0.717, 1.165) is 0 Å². The van der Waals surface area contributed by atoms with Crippen LogP contribution in [0.5, 0.6) is 0 Å². The summed E-state index contributed by atoms with van der Waals surface area (Å²) >= 11 is 5.59. The second kappa shape index (κ2) is 4.79. The van der Waals surface area contributed by atoms with Crippen LogP contribution >= 0.6 is 11.6 Å². The van der Waals surface area contributed by atoms with Crippen LogP contribution in [-0.4, -0.2) is 17.5 Å². The molecule has 0 radical (unpaired) electrons. The van der Waals surface area contributed by atoms with E-state index in [1.807, 2.05) is 0 Å². The summed E-state index contributed by atoms with van der Waals surface area (Å²) in [4.78, 5) is 19.7. The van der Waals surface area contributed by atoms with Crippen LogP contribution in [0.4, 0.5) is 0 Å². The maximum absolute atomic E-state index is 11.2. The Kier molecular flexibility index (Phi) is 3.67. The van der Waals surface area contributed by atoms with E-state index in [2.05, 4.69) is 10.5 Å². The van der Waals surface area contributed by atoms with Crippen LogP contribution in [-0.2, 0) is 4.84 Å². The number of nitrogens with one attached hydrogen (secondary N) is 1. The van der Waals surface area contributed by atoms with Crippen LogP contribution in [0.1, 0.15) is 17.4 Å². The van der Waals surface area contributed by atoms with Crippen molar-refractivity contribution in [1.82, 2.24) is 10.5 Å². The van der Waals surface area contributed by atoms with Crippen LogP contribution in [0.3, 0.4) is 0 Å². The van der Waals surface area contributed by atoms with Crippen LogP contribution in [0, 0.1) is 0 Å². The molecule has 0 aliphatic carbocycles. The van der Waals surface area contributed by atoms with Gasteiger partial charge in [0.1, 0.15) is 10.8 Å². The lowest BCUT2D eigenvalue weighted by atomic mass is 10.3. The molecule has 5 heteroatoms. The van der Waals surface area contributed by atoms with Crippen molar-refractivity contribution >= 4 is 17.5 Å². The van der Waals surface area contributed by atoms with Gasteiger partial charge in [-0.2, -0.15) is 0 Å². The summed E-state index contributed by atoms with van der Waals surface area (Å²) in [6.07, 6.45) is 0.